The van der Waals surface area contributed by atoms with Gasteiger partial charge >= 0.3 is 0 Å². The van der Waals surface area contributed by atoms with Gasteiger partial charge in [0.05, 0.1) is 11.5 Å². The minimum Gasteiger partial charge on any atom is -0.399 e. The highest BCUT2D eigenvalue weighted by atomic mass is 32.2. The van der Waals surface area contributed by atoms with Crippen molar-refractivity contribution in [3.05, 3.63) is 24.3 Å². The third-order valence-corrected chi connectivity index (χ3v) is 4.28. The lowest BCUT2D eigenvalue weighted by atomic mass is 10.1. The van der Waals surface area contributed by atoms with Gasteiger partial charge < -0.3 is 15.6 Å². The zero-order chi connectivity index (χ0) is 13.2. The van der Waals surface area contributed by atoms with Crippen LogP contribution < -0.4 is 10.5 Å². The molecule has 1 atom stereocenters. The summed E-state index contributed by atoms with van der Waals surface area (Å²) in [6, 6.07) is 5.88. The summed E-state index contributed by atoms with van der Waals surface area (Å²) in [6.45, 7) is 0.539. The Morgan fingerprint density at radius 2 is 2.06 bits per heavy atom. The van der Waals surface area contributed by atoms with Gasteiger partial charge in [0.25, 0.3) is 0 Å². The molecular weight excluding hydrogens is 256 g/mol. The van der Waals surface area contributed by atoms with E-state index in [1.807, 2.05) is 0 Å². The smallest absolute Gasteiger partial charge is 0.240 e. The maximum Gasteiger partial charge on any atom is 0.240 e. The molecule has 1 unspecified atom stereocenters. The van der Waals surface area contributed by atoms with E-state index in [2.05, 4.69) is 4.72 Å². The first-order valence-electron chi connectivity index (χ1n) is 5.57. The van der Waals surface area contributed by atoms with E-state index >= 15 is 0 Å². The number of benzene rings is 1. The van der Waals surface area contributed by atoms with Gasteiger partial charge in [-0.1, -0.05) is 0 Å². The van der Waals surface area contributed by atoms with Crippen molar-refractivity contribution in [2.45, 2.75) is 16.9 Å². The summed E-state index contributed by atoms with van der Waals surface area (Å²) in [6.07, 6.45) is 0.428. The number of ether oxygens (including phenoxy) is 1. The van der Waals surface area contributed by atoms with Crippen molar-refractivity contribution in [3.63, 3.8) is 0 Å². The number of nitrogens with two attached hydrogens (primary N) is 1. The molecule has 1 aliphatic heterocycles. The number of nitrogens with one attached hydrogen (secondary N) is 1. The summed E-state index contributed by atoms with van der Waals surface area (Å²) >= 11 is 0. The molecule has 0 radical (unpaired) electrons. The van der Waals surface area contributed by atoms with Crippen molar-refractivity contribution in [3.8, 4) is 0 Å². The van der Waals surface area contributed by atoms with Crippen LogP contribution in [0.4, 0.5) is 5.69 Å². The molecule has 1 heterocycles. The first-order chi connectivity index (χ1) is 8.41. The van der Waals surface area contributed by atoms with Gasteiger partial charge in [-0.3, -0.25) is 0 Å². The summed E-state index contributed by atoms with van der Waals surface area (Å²) in [5, 5.41) is 9.97. The van der Waals surface area contributed by atoms with Crippen molar-refractivity contribution in [1.29, 1.82) is 0 Å². The Kier molecular flexibility index (Phi) is 3.58. The van der Waals surface area contributed by atoms with Crippen LogP contribution in [0.25, 0.3) is 0 Å². The van der Waals surface area contributed by atoms with Crippen molar-refractivity contribution in [2.75, 3.05) is 25.5 Å². The Hall–Kier alpha value is -1.15. The molecule has 0 aromatic heterocycles. The van der Waals surface area contributed by atoms with E-state index < -0.39 is 15.6 Å². The second-order valence-electron chi connectivity index (χ2n) is 4.42. The maximum atomic E-state index is 11.9. The third-order valence-electron chi connectivity index (χ3n) is 2.86. The Balaban J connectivity index is 2.05. The average Bonchev–Trinajstić information content (AvgIpc) is 2.75. The lowest BCUT2D eigenvalue weighted by Gasteiger charge is -2.20. The first-order valence-corrected chi connectivity index (χ1v) is 7.05. The van der Waals surface area contributed by atoms with Crippen molar-refractivity contribution < 1.29 is 18.3 Å². The molecule has 2 rings (SSSR count). The zero-order valence-corrected chi connectivity index (χ0v) is 10.6. The first kappa shape index (κ1) is 13.3. The Morgan fingerprint density at radius 3 is 2.61 bits per heavy atom. The van der Waals surface area contributed by atoms with E-state index in [1.54, 1.807) is 0 Å². The van der Waals surface area contributed by atoms with Gasteiger partial charge in [-0.2, -0.15) is 0 Å². The molecule has 1 aliphatic rings. The van der Waals surface area contributed by atoms with Crippen LogP contribution in [0.5, 0.6) is 0 Å². The van der Waals surface area contributed by atoms with E-state index in [9.17, 15) is 13.5 Å². The minimum atomic E-state index is -3.62. The SMILES string of the molecule is Nc1ccc(S(=O)(=O)NCC2(O)CCOC2)cc1. The molecule has 0 amide bonds. The second kappa shape index (κ2) is 4.85. The van der Waals surface area contributed by atoms with E-state index in [-0.39, 0.29) is 18.0 Å². The van der Waals surface area contributed by atoms with Crippen molar-refractivity contribution in [2.24, 2.45) is 0 Å². The number of sulfonamides is 1. The summed E-state index contributed by atoms with van der Waals surface area (Å²) in [5.74, 6) is 0. The van der Waals surface area contributed by atoms with E-state index in [1.165, 1.54) is 24.3 Å². The predicted molar refractivity (Wildman–Crippen MR) is 66.4 cm³/mol. The van der Waals surface area contributed by atoms with E-state index in [0.717, 1.165) is 0 Å². The highest BCUT2D eigenvalue weighted by molar-refractivity contribution is 7.89. The molecule has 1 aromatic carbocycles. The molecule has 0 spiro atoms. The molecule has 18 heavy (non-hydrogen) atoms. The zero-order valence-electron chi connectivity index (χ0n) is 9.80. The van der Waals surface area contributed by atoms with Gasteiger partial charge in [0.15, 0.2) is 0 Å². The average molecular weight is 272 g/mol. The Labute approximate surface area is 106 Å². The topological polar surface area (TPSA) is 102 Å². The number of hydrogen-bond acceptors (Lipinski definition) is 5. The number of hydrogen-bond donors (Lipinski definition) is 3. The van der Waals surface area contributed by atoms with Gasteiger partial charge in [-0.25, -0.2) is 13.1 Å². The summed E-state index contributed by atoms with van der Waals surface area (Å²) in [4.78, 5) is 0.124. The Morgan fingerprint density at radius 1 is 1.39 bits per heavy atom. The number of aliphatic hydroxyl groups is 1. The highest BCUT2D eigenvalue weighted by Gasteiger charge is 2.33. The molecule has 7 heteroatoms. The summed E-state index contributed by atoms with van der Waals surface area (Å²) in [5.41, 5.74) is 4.88. The standard InChI is InChI=1S/C11H16N2O4S/c12-9-1-3-10(4-2-9)18(15,16)13-7-11(14)5-6-17-8-11/h1-4,13-14H,5-8,12H2. The molecule has 0 saturated carbocycles. The lowest BCUT2D eigenvalue weighted by molar-refractivity contribution is 0.0314. The second-order valence-corrected chi connectivity index (χ2v) is 6.19. The molecule has 0 bridgehead atoms. The minimum absolute atomic E-state index is 0.0558. The van der Waals surface area contributed by atoms with Crippen LogP contribution in [0, 0.1) is 0 Å². The number of anilines is 1. The quantitative estimate of drug-likeness (QED) is 0.653. The molecule has 100 valence electrons. The molecule has 6 nitrogen and oxygen atoms in total. The molecular formula is C11H16N2O4S. The van der Waals surface area contributed by atoms with Gasteiger partial charge in [0, 0.05) is 25.3 Å². The summed E-state index contributed by atoms with van der Waals surface area (Å²) in [7, 11) is -3.62. The van der Waals surface area contributed by atoms with E-state index in [4.69, 9.17) is 10.5 Å². The molecule has 1 fully saturated rings. The largest absolute Gasteiger partial charge is 0.399 e. The van der Waals surface area contributed by atoms with Gasteiger partial charge in [0.2, 0.25) is 10.0 Å². The fraction of sp³-hybridized carbons (Fsp3) is 0.455. The van der Waals surface area contributed by atoms with Crippen LogP contribution in [-0.2, 0) is 14.8 Å². The third kappa shape index (κ3) is 2.99. The normalized spacial score (nSPS) is 24.3. The van der Waals surface area contributed by atoms with Gasteiger partial charge in [-0.05, 0) is 24.3 Å². The van der Waals surface area contributed by atoms with Crippen molar-refractivity contribution >= 4 is 15.7 Å². The van der Waals surface area contributed by atoms with Crippen LogP contribution in [0.1, 0.15) is 6.42 Å². The monoisotopic (exact) mass is 272 g/mol. The maximum absolute atomic E-state index is 11.9. The number of nitrogen functional groups attached to an aromatic ring is 1. The molecule has 1 saturated heterocycles. The molecule has 0 aliphatic carbocycles. The van der Waals surface area contributed by atoms with Gasteiger partial charge in [0.1, 0.15) is 5.60 Å². The predicted octanol–water partition coefficient (Wildman–Crippen LogP) is -0.302. The van der Waals surface area contributed by atoms with Crippen LogP contribution in [-0.4, -0.2) is 38.9 Å². The summed E-state index contributed by atoms with van der Waals surface area (Å²) < 4.78 is 31.3. The van der Waals surface area contributed by atoms with E-state index in [0.29, 0.717) is 18.7 Å². The van der Waals surface area contributed by atoms with Crippen LogP contribution in [0.3, 0.4) is 0 Å². The lowest BCUT2D eigenvalue weighted by Crippen LogP contribution is -2.43. The van der Waals surface area contributed by atoms with Crippen LogP contribution >= 0.6 is 0 Å². The molecule has 1 aromatic rings. The Bertz CT molecular complexity index is 506. The number of rotatable bonds is 4. The fourth-order valence-electron chi connectivity index (χ4n) is 1.70. The van der Waals surface area contributed by atoms with Crippen molar-refractivity contribution in [1.82, 2.24) is 4.72 Å². The highest BCUT2D eigenvalue weighted by Crippen LogP contribution is 2.18. The van der Waals surface area contributed by atoms with Gasteiger partial charge in [-0.15, -0.1) is 0 Å². The van der Waals surface area contributed by atoms with Crippen LogP contribution in [0.15, 0.2) is 29.2 Å². The molecule has 4 N–H and O–H groups in total. The fourth-order valence-corrected chi connectivity index (χ4v) is 2.82. The van der Waals surface area contributed by atoms with Crippen LogP contribution in [0.2, 0.25) is 0 Å².